The van der Waals surface area contributed by atoms with E-state index < -0.39 is 97.5 Å². The number of hydrogen-bond donors (Lipinski definition) is 3. The molecule has 0 bridgehead atoms. The van der Waals surface area contributed by atoms with Gasteiger partial charge < -0.3 is 33.8 Å². The molecule has 0 heterocycles. The number of hydrogen-bond acceptors (Lipinski definition) is 15. The number of phosphoric acid groups is 2. The number of esters is 4. The predicted octanol–water partition coefficient (Wildman–Crippen LogP) is 27.3. The van der Waals surface area contributed by atoms with Crippen molar-refractivity contribution in [3.05, 3.63) is 0 Å². The van der Waals surface area contributed by atoms with Gasteiger partial charge in [-0.1, -0.05) is 421 Å². The molecule has 108 heavy (non-hydrogen) atoms. The summed E-state index contributed by atoms with van der Waals surface area (Å²) in [6.45, 7) is 12.1. The normalized spacial score (nSPS) is 14.6. The number of carbonyl (C=O) groups is 4. The van der Waals surface area contributed by atoms with E-state index in [0.29, 0.717) is 25.7 Å². The summed E-state index contributed by atoms with van der Waals surface area (Å²) < 4.78 is 69.0. The SMILES string of the molecule is CCCCCCCCCCCCCCCCCCC(=O)O[C@H](COC(=O)CCCCCCCCCCC(C)CC)COP(=O)(O)OC[C@H](O)COP(=O)(O)OC[C@@H](COC(=O)CCCCCCCCCCCCCCCCC(C)CC)OC(=O)CCCCCCCCCCCCCCCCCCCCC(C)CC. The molecule has 17 nitrogen and oxygen atoms in total. The van der Waals surface area contributed by atoms with E-state index in [2.05, 4.69) is 48.5 Å². The van der Waals surface area contributed by atoms with E-state index in [-0.39, 0.29) is 25.7 Å². The molecule has 0 rings (SSSR count). The summed E-state index contributed by atoms with van der Waals surface area (Å²) in [4.78, 5) is 73.4. The van der Waals surface area contributed by atoms with Crippen LogP contribution in [0.3, 0.4) is 0 Å². The number of carbonyl (C=O) groups excluding carboxylic acids is 4. The van der Waals surface area contributed by atoms with E-state index in [9.17, 15) is 43.2 Å². The van der Waals surface area contributed by atoms with Gasteiger partial charge in [0.2, 0.25) is 0 Å². The van der Waals surface area contributed by atoms with Gasteiger partial charge in [-0.2, -0.15) is 0 Å². The molecule has 8 atom stereocenters. The zero-order valence-electron chi connectivity index (χ0n) is 71.3. The molecule has 0 spiro atoms. The van der Waals surface area contributed by atoms with Gasteiger partial charge in [-0.15, -0.1) is 0 Å². The Bertz CT molecular complexity index is 2080. The van der Waals surface area contributed by atoms with Crippen LogP contribution < -0.4 is 0 Å². The van der Waals surface area contributed by atoms with Gasteiger partial charge in [0.25, 0.3) is 0 Å². The van der Waals surface area contributed by atoms with Crippen LogP contribution in [-0.2, 0) is 65.4 Å². The highest BCUT2D eigenvalue weighted by atomic mass is 31.2. The fourth-order valence-corrected chi connectivity index (χ4v) is 15.4. The first-order valence-electron chi connectivity index (χ1n) is 46.0. The Hall–Kier alpha value is -1.94. The molecule has 0 aromatic heterocycles. The van der Waals surface area contributed by atoms with Gasteiger partial charge in [-0.05, 0) is 43.4 Å². The van der Waals surface area contributed by atoms with Gasteiger partial charge in [-0.3, -0.25) is 37.3 Å². The van der Waals surface area contributed by atoms with Crippen LogP contribution >= 0.6 is 15.6 Å². The molecule has 0 saturated carbocycles. The standard InChI is InChI=1S/C89H174O17P2/c1-8-12-13-14-15-16-17-18-19-25-32-37-42-51-58-65-72-89(94)106-85(77-100-87(92)71-64-57-50-45-44-48-55-62-69-82(7)11-4)79-104-108(97,98)102-75-83(90)74-101-107(95,96)103-78-84(76-99-86(91)70-63-56-49-41-36-31-28-27-30-35-40-47-54-61-68-81(6)10-3)105-88(93)73-66-59-52-43-38-33-26-23-21-20-22-24-29-34-39-46-53-60-67-80(5)9-2/h80-85,90H,8-79H2,1-7H3,(H,95,96)(H,97,98)/t80?,81?,82?,83-,84-,85-/m1/s1. The zero-order valence-corrected chi connectivity index (χ0v) is 73.1. The predicted molar refractivity (Wildman–Crippen MR) is 446 cm³/mol. The number of aliphatic hydroxyl groups excluding tert-OH is 1. The molecular formula is C89H174O17P2. The minimum atomic E-state index is -4.97. The fraction of sp³-hybridized carbons (Fsp3) is 0.955. The molecular weight excluding hydrogens is 1400 g/mol. The third-order valence-electron chi connectivity index (χ3n) is 22.0. The fourth-order valence-electron chi connectivity index (χ4n) is 13.8. The minimum Gasteiger partial charge on any atom is -0.462 e. The van der Waals surface area contributed by atoms with E-state index in [1.54, 1.807) is 0 Å². The maximum atomic E-state index is 13.2. The highest BCUT2D eigenvalue weighted by Crippen LogP contribution is 2.45. The van der Waals surface area contributed by atoms with Crippen LogP contribution in [0.4, 0.5) is 0 Å². The molecule has 0 radical (unpaired) electrons. The number of unbranched alkanes of at least 4 members (excludes halogenated alkanes) is 52. The van der Waals surface area contributed by atoms with E-state index >= 15 is 0 Å². The summed E-state index contributed by atoms with van der Waals surface area (Å²) in [6, 6.07) is 0. The Balaban J connectivity index is 5.26. The van der Waals surface area contributed by atoms with Gasteiger partial charge in [0, 0.05) is 25.7 Å². The molecule has 0 aliphatic heterocycles. The van der Waals surface area contributed by atoms with Crippen LogP contribution in [0.5, 0.6) is 0 Å². The molecule has 19 heteroatoms. The number of rotatable bonds is 87. The molecule has 0 aromatic carbocycles. The summed E-state index contributed by atoms with van der Waals surface area (Å²) in [5.41, 5.74) is 0. The van der Waals surface area contributed by atoms with Crippen LogP contribution in [-0.4, -0.2) is 96.7 Å². The second kappa shape index (κ2) is 78.9. The second-order valence-electron chi connectivity index (χ2n) is 32.7. The van der Waals surface area contributed by atoms with Gasteiger partial charge >= 0.3 is 39.5 Å². The number of ether oxygens (including phenoxy) is 4. The van der Waals surface area contributed by atoms with E-state index in [1.165, 1.54) is 283 Å². The molecule has 0 saturated heterocycles. The van der Waals surface area contributed by atoms with Crippen LogP contribution in [0.2, 0.25) is 0 Å². The summed E-state index contributed by atoms with van der Waals surface area (Å²) in [7, 11) is -9.93. The van der Waals surface area contributed by atoms with Crippen molar-refractivity contribution in [1.29, 1.82) is 0 Å². The molecule has 642 valence electrons. The van der Waals surface area contributed by atoms with Crippen molar-refractivity contribution in [2.45, 2.75) is 491 Å². The summed E-state index contributed by atoms with van der Waals surface area (Å²) >= 11 is 0. The first kappa shape index (κ1) is 106. The van der Waals surface area contributed by atoms with Crippen LogP contribution in [0, 0.1) is 17.8 Å². The van der Waals surface area contributed by atoms with E-state index in [0.717, 1.165) is 108 Å². The monoisotopic (exact) mass is 1580 g/mol. The molecule has 0 aromatic rings. The lowest BCUT2D eigenvalue weighted by atomic mass is 9.99. The first-order valence-corrected chi connectivity index (χ1v) is 49.0. The van der Waals surface area contributed by atoms with Crippen molar-refractivity contribution in [1.82, 2.24) is 0 Å². The molecule has 0 aliphatic carbocycles. The van der Waals surface area contributed by atoms with E-state index in [4.69, 9.17) is 37.0 Å². The minimum absolute atomic E-state index is 0.108. The van der Waals surface area contributed by atoms with Crippen molar-refractivity contribution in [3.63, 3.8) is 0 Å². The number of phosphoric ester groups is 2. The van der Waals surface area contributed by atoms with Crippen LogP contribution in [0.15, 0.2) is 0 Å². The maximum absolute atomic E-state index is 13.2. The molecule has 0 amide bonds. The molecule has 3 N–H and O–H groups in total. The lowest BCUT2D eigenvalue weighted by Crippen LogP contribution is -2.30. The Morgan fingerprint density at radius 3 is 0.657 bits per heavy atom. The maximum Gasteiger partial charge on any atom is 0.472 e. The number of aliphatic hydroxyl groups is 1. The average Bonchev–Trinajstić information content (AvgIpc) is 0.901. The summed E-state index contributed by atoms with van der Waals surface area (Å²) in [6.07, 6.45) is 70.6. The average molecular weight is 1580 g/mol. The van der Waals surface area contributed by atoms with Gasteiger partial charge in [0.05, 0.1) is 26.4 Å². The van der Waals surface area contributed by atoms with Crippen LogP contribution in [0.25, 0.3) is 0 Å². The van der Waals surface area contributed by atoms with Crippen molar-refractivity contribution >= 4 is 39.5 Å². The summed E-state index contributed by atoms with van der Waals surface area (Å²) in [5, 5.41) is 10.7. The highest BCUT2D eigenvalue weighted by Gasteiger charge is 2.31. The lowest BCUT2D eigenvalue weighted by Gasteiger charge is -2.21. The zero-order chi connectivity index (χ0) is 79.3. The van der Waals surface area contributed by atoms with Crippen molar-refractivity contribution in [2.75, 3.05) is 39.6 Å². The Kier molecular flexibility index (Phi) is 77.5. The Morgan fingerprint density at radius 2 is 0.444 bits per heavy atom. The topological polar surface area (TPSA) is 237 Å². The third-order valence-corrected chi connectivity index (χ3v) is 23.9. The Labute approximate surface area is 664 Å². The molecule has 0 aliphatic rings. The first-order chi connectivity index (χ1) is 52.3. The molecule has 5 unspecified atom stereocenters. The molecule has 0 fully saturated rings. The second-order valence-corrected chi connectivity index (χ2v) is 35.6. The van der Waals surface area contributed by atoms with Crippen molar-refractivity contribution in [3.8, 4) is 0 Å². The largest absolute Gasteiger partial charge is 0.472 e. The van der Waals surface area contributed by atoms with Crippen molar-refractivity contribution < 1.29 is 80.2 Å². The van der Waals surface area contributed by atoms with Gasteiger partial charge in [0.1, 0.15) is 19.3 Å². The third kappa shape index (κ3) is 78.0. The Morgan fingerprint density at radius 1 is 0.259 bits per heavy atom. The van der Waals surface area contributed by atoms with Gasteiger partial charge in [-0.25, -0.2) is 9.13 Å². The van der Waals surface area contributed by atoms with E-state index in [1.807, 2.05) is 0 Å². The van der Waals surface area contributed by atoms with Crippen molar-refractivity contribution in [2.24, 2.45) is 17.8 Å². The lowest BCUT2D eigenvalue weighted by molar-refractivity contribution is -0.161. The quantitative estimate of drug-likeness (QED) is 0.0222. The summed E-state index contributed by atoms with van der Waals surface area (Å²) in [5.74, 6) is 0.399. The highest BCUT2D eigenvalue weighted by molar-refractivity contribution is 7.47. The van der Waals surface area contributed by atoms with Gasteiger partial charge in [0.15, 0.2) is 12.2 Å². The smallest absolute Gasteiger partial charge is 0.462 e. The van der Waals surface area contributed by atoms with Crippen LogP contribution in [0.1, 0.15) is 472 Å².